The van der Waals surface area contributed by atoms with Gasteiger partial charge in [-0.05, 0) is 38.5 Å². The van der Waals surface area contributed by atoms with Crippen molar-refractivity contribution >= 4 is 5.82 Å². The molecule has 0 spiro atoms. The molecule has 28 heavy (non-hydrogen) atoms. The lowest BCUT2D eigenvalue weighted by Gasteiger charge is -2.16. The predicted octanol–water partition coefficient (Wildman–Crippen LogP) is 5.59. The molecule has 0 aliphatic heterocycles. The third-order valence-corrected chi connectivity index (χ3v) is 4.70. The lowest BCUT2D eigenvalue weighted by molar-refractivity contribution is 0.432. The Hall–Kier alpha value is -3.47. The monoisotopic (exact) mass is 370 g/mol. The first-order valence-corrected chi connectivity index (χ1v) is 9.29. The van der Waals surface area contributed by atoms with E-state index < -0.39 is 0 Å². The second-order valence-electron chi connectivity index (χ2n) is 6.97. The van der Waals surface area contributed by atoms with Crippen LogP contribution in [-0.2, 0) is 0 Å². The smallest absolute Gasteiger partial charge is 0.261 e. The molecule has 5 heteroatoms. The third-order valence-electron chi connectivity index (χ3n) is 4.70. The Morgan fingerprint density at radius 3 is 2.29 bits per heavy atom. The minimum absolute atomic E-state index is 0.0914. The summed E-state index contributed by atoms with van der Waals surface area (Å²) in [6.45, 7) is 6.24. The van der Waals surface area contributed by atoms with E-state index in [0.29, 0.717) is 11.7 Å². The molecule has 0 fully saturated rings. The number of nitrogens with zero attached hydrogens (tertiary/aromatic N) is 3. The van der Waals surface area contributed by atoms with Crippen molar-refractivity contribution in [2.45, 2.75) is 26.8 Å². The Morgan fingerprint density at radius 2 is 1.57 bits per heavy atom. The normalized spacial score (nSPS) is 12.0. The highest BCUT2D eigenvalue weighted by Gasteiger charge is 2.16. The molecular weight excluding hydrogens is 348 g/mol. The number of rotatable bonds is 5. The largest absolute Gasteiger partial charge is 0.363 e. The summed E-state index contributed by atoms with van der Waals surface area (Å²) in [6, 6.07) is 20.4. The summed E-state index contributed by atoms with van der Waals surface area (Å²) in [5, 5.41) is 7.60. The molecule has 0 aliphatic carbocycles. The van der Waals surface area contributed by atoms with Crippen LogP contribution in [0.2, 0.25) is 0 Å². The van der Waals surface area contributed by atoms with Gasteiger partial charge in [-0.25, -0.2) is 4.98 Å². The van der Waals surface area contributed by atoms with Gasteiger partial charge in [-0.1, -0.05) is 64.8 Å². The summed E-state index contributed by atoms with van der Waals surface area (Å²) in [4.78, 5) is 9.07. The molecule has 1 N–H and O–H groups in total. The Balaban J connectivity index is 1.61. The molecule has 0 amide bonds. The average Bonchev–Trinajstić information content (AvgIpc) is 3.19. The molecule has 4 aromatic rings. The summed E-state index contributed by atoms with van der Waals surface area (Å²) in [5.74, 6) is 1.73. The van der Waals surface area contributed by atoms with Crippen molar-refractivity contribution in [3.63, 3.8) is 0 Å². The summed E-state index contributed by atoms with van der Waals surface area (Å²) in [6.07, 6.45) is 1.75. The van der Waals surface area contributed by atoms with E-state index in [1.54, 1.807) is 6.20 Å². The Labute approximate surface area is 164 Å². The molecule has 5 nitrogen and oxygen atoms in total. The Bertz CT molecular complexity index is 1070. The maximum Gasteiger partial charge on any atom is 0.261 e. The van der Waals surface area contributed by atoms with Gasteiger partial charge < -0.3 is 9.84 Å². The van der Waals surface area contributed by atoms with E-state index in [4.69, 9.17) is 4.52 Å². The van der Waals surface area contributed by atoms with Crippen LogP contribution in [0.15, 0.2) is 71.4 Å². The molecule has 0 saturated carbocycles. The van der Waals surface area contributed by atoms with Crippen LogP contribution < -0.4 is 5.32 Å². The van der Waals surface area contributed by atoms with Crippen molar-refractivity contribution in [3.05, 3.63) is 83.6 Å². The fraction of sp³-hybridized carbons (Fsp3) is 0.174. The number of anilines is 1. The van der Waals surface area contributed by atoms with E-state index in [1.165, 1.54) is 16.7 Å². The number of pyridine rings is 1. The van der Waals surface area contributed by atoms with Gasteiger partial charge in [0, 0.05) is 17.8 Å². The maximum atomic E-state index is 5.54. The van der Waals surface area contributed by atoms with Crippen LogP contribution in [0.1, 0.15) is 29.7 Å². The molecular formula is C23H22N4O. The first-order valence-electron chi connectivity index (χ1n) is 9.29. The molecule has 0 radical (unpaired) electrons. The molecule has 0 saturated heterocycles. The van der Waals surface area contributed by atoms with E-state index in [9.17, 15) is 0 Å². The second kappa shape index (κ2) is 7.64. The lowest BCUT2D eigenvalue weighted by Crippen LogP contribution is -2.09. The van der Waals surface area contributed by atoms with Crippen molar-refractivity contribution in [2.75, 3.05) is 5.32 Å². The molecule has 2 aromatic heterocycles. The first kappa shape index (κ1) is 17.9. The van der Waals surface area contributed by atoms with Gasteiger partial charge in [0.1, 0.15) is 5.82 Å². The first-order chi connectivity index (χ1) is 13.6. The van der Waals surface area contributed by atoms with Crippen LogP contribution in [0.3, 0.4) is 0 Å². The number of nitrogens with one attached hydrogen (secondary N) is 1. The molecule has 4 rings (SSSR count). The molecule has 1 atom stereocenters. The van der Waals surface area contributed by atoms with Crippen LogP contribution in [-0.4, -0.2) is 15.1 Å². The SMILES string of the molecule is Cc1ccc(-c2noc(-c3cccnc3NC(C)c3ccc(C)cc3)n2)cc1. The number of aryl methyl sites for hydroxylation is 2. The summed E-state index contributed by atoms with van der Waals surface area (Å²) in [5.41, 5.74) is 5.33. The molecule has 0 aliphatic rings. The lowest BCUT2D eigenvalue weighted by atomic mass is 10.1. The summed E-state index contributed by atoms with van der Waals surface area (Å²) < 4.78 is 5.54. The molecule has 140 valence electrons. The van der Waals surface area contributed by atoms with Crippen LogP contribution in [0.4, 0.5) is 5.82 Å². The number of benzene rings is 2. The van der Waals surface area contributed by atoms with Crippen LogP contribution in [0, 0.1) is 13.8 Å². The summed E-state index contributed by atoms with van der Waals surface area (Å²) in [7, 11) is 0. The van der Waals surface area contributed by atoms with Crippen molar-refractivity contribution in [1.82, 2.24) is 15.1 Å². The third kappa shape index (κ3) is 3.78. The van der Waals surface area contributed by atoms with Gasteiger partial charge in [-0.2, -0.15) is 4.98 Å². The Kier molecular flexibility index (Phi) is 4.89. The number of hydrogen-bond acceptors (Lipinski definition) is 5. The van der Waals surface area contributed by atoms with E-state index >= 15 is 0 Å². The van der Waals surface area contributed by atoms with Crippen molar-refractivity contribution in [2.24, 2.45) is 0 Å². The van der Waals surface area contributed by atoms with E-state index in [0.717, 1.165) is 16.9 Å². The van der Waals surface area contributed by atoms with Crippen molar-refractivity contribution in [1.29, 1.82) is 0 Å². The van der Waals surface area contributed by atoms with E-state index in [2.05, 4.69) is 58.6 Å². The summed E-state index contributed by atoms with van der Waals surface area (Å²) >= 11 is 0. The fourth-order valence-electron chi connectivity index (χ4n) is 2.99. The van der Waals surface area contributed by atoms with Gasteiger partial charge in [0.15, 0.2) is 0 Å². The highest BCUT2D eigenvalue weighted by atomic mass is 16.5. The van der Waals surface area contributed by atoms with E-state index in [-0.39, 0.29) is 6.04 Å². The van der Waals surface area contributed by atoms with Gasteiger partial charge in [-0.3, -0.25) is 0 Å². The molecule has 2 heterocycles. The zero-order valence-electron chi connectivity index (χ0n) is 16.2. The van der Waals surface area contributed by atoms with Crippen molar-refractivity contribution < 1.29 is 4.52 Å². The fourth-order valence-corrected chi connectivity index (χ4v) is 2.99. The zero-order valence-corrected chi connectivity index (χ0v) is 16.2. The van der Waals surface area contributed by atoms with Gasteiger partial charge in [0.05, 0.1) is 5.56 Å². The topological polar surface area (TPSA) is 63.8 Å². The van der Waals surface area contributed by atoms with Crippen LogP contribution in [0.25, 0.3) is 22.8 Å². The average molecular weight is 370 g/mol. The van der Waals surface area contributed by atoms with Crippen molar-refractivity contribution in [3.8, 4) is 22.8 Å². The van der Waals surface area contributed by atoms with Gasteiger partial charge in [-0.15, -0.1) is 0 Å². The quantitative estimate of drug-likeness (QED) is 0.496. The van der Waals surface area contributed by atoms with Crippen LogP contribution >= 0.6 is 0 Å². The molecule has 2 aromatic carbocycles. The van der Waals surface area contributed by atoms with Gasteiger partial charge in [0.2, 0.25) is 5.82 Å². The standard InChI is InChI=1S/C23H22N4O/c1-15-6-10-18(11-7-15)17(3)25-22-20(5-4-14-24-22)23-26-21(27-28-23)19-12-8-16(2)9-13-19/h4-14,17H,1-3H3,(H,24,25). The highest BCUT2D eigenvalue weighted by molar-refractivity contribution is 5.70. The van der Waals surface area contributed by atoms with Gasteiger partial charge in [0.25, 0.3) is 5.89 Å². The zero-order chi connectivity index (χ0) is 19.5. The Morgan fingerprint density at radius 1 is 0.893 bits per heavy atom. The minimum atomic E-state index is 0.0914. The van der Waals surface area contributed by atoms with Crippen LogP contribution in [0.5, 0.6) is 0 Å². The highest BCUT2D eigenvalue weighted by Crippen LogP contribution is 2.29. The predicted molar refractivity (Wildman–Crippen MR) is 111 cm³/mol. The maximum absolute atomic E-state index is 5.54. The minimum Gasteiger partial charge on any atom is -0.363 e. The number of aromatic nitrogens is 3. The number of hydrogen-bond donors (Lipinski definition) is 1. The van der Waals surface area contributed by atoms with Gasteiger partial charge >= 0.3 is 0 Å². The molecule has 1 unspecified atom stereocenters. The molecule has 0 bridgehead atoms. The second-order valence-corrected chi connectivity index (χ2v) is 6.97. The van der Waals surface area contributed by atoms with E-state index in [1.807, 2.05) is 43.3 Å².